The van der Waals surface area contributed by atoms with E-state index in [0.29, 0.717) is 6.04 Å². The van der Waals surface area contributed by atoms with Gasteiger partial charge in [0, 0.05) is 11.7 Å². The number of hydrogen-bond donors (Lipinski definition) is 1. The lowest BCUT2D eigenvalue weighted by Gasteiger charge is -2.25. The first-order chi connectivity index (χ1) is 12.0. The van der Waals surface area contributed by atoms with Gasteiger partial charge < -0.3 is 5.32 Å². The molecule has 25 heavy (non-hydrogen) atoms. The van der Waals surface area contributed by atoms with E-state index in [0.717, 1.165) is 19.3 Å². The van der Waals surface area contributed by atoms with E-state index in [1.54, 1.807) is 0 Å². The van der Waals surface area contributed by atoms with Crippen molar-refractivity contribution in [3.63, 3.8) is 0 Å². The van der Waals surface area contributed by atoms with Gasteiger partial charge in [-0.1, -0.05) is 77.5 Å². The molecule has 0 radical (unpaired) electrons. The zero-order valence-electron chi connectivity index (χ0n) is 17.0. The molecule has 0 heterocycles. The van der Waals surface area contributed by atoms with Gasteiger partial charge in [0.1, 0.15) is 0 Å². The standard InChI is InChI=1S/C22H31N.C2H6/c1-6-8-9-21(7-2)23-22-15-19-11-10-18(12-16(3)4)14-20(19)13-17(22)5;1-2/h10-11,14-15,21,23H,3,5-9,12-13H2,1-2,4H3;1-2H3. The van der Waals surface area contributed by atoms with E-state index < -0.39 is 0 Å². The lowest BCUT2D eigenvalue weighted by Crippen LogP contribution is -2.29. The molecular formula is C24H37N. The summed E-state index contributed by atoms with van der Waals surface area (Å²) < 4.78 is 0. The molecule has 1 unspecified atom stereocenters. The zero-order valence-corrected chi connectivity index (χ0v) is 17.0. The van der Waals surface area contributed by atoms with Gasteiger partial charge in [-0.3, -0.25) is 0 Å². The number of allylic oxidation sites excluding steroid dienone is 2. The lowest BCUT2D eigenvalue weighted by molar-refractivity contribution is 0.494. The summed E-state index contributed by atoms with van der Waals surface area (Å²) in [7, 11) is 0. The van der Waals surface area contributed by atoms with Gasteiger partial charge in [-0.2, -0.15) is 0 Å². The van der Waals surface area contributed by atoms with Crippen LogP contribution >= 0.6 is 0 Å². The van der Waals surface area contributed by atoms with Crippen LogP contribution in [0.5, 0.6) is 0 Å². The summed E-state index contributed by atoms with van der Waals surface area (Å²) in [5, 5.41) is 3.73. The van der Waals surface area contributed by atoms with Crippen molar-refractivity contribution in [3.8, 4) is 0 Å². The summed E-state index contributed by atoms with van der Waals surface area (Å²) in [6.45, 7) is 18.9. The minimum absolute atomic E-state index is 0.558. The number of hydrogen-bond acceptors (Lipinski definition) is 1. The fraction of sp³-hybridized carbons (Fsp3) is 0.500. The Labute approximate surface area is 155 Å². The van der Waals surface area contributed by atoms with Crippen molar-refractivity contribution in [1.82, 2.24) is 5.32 Å². The summed E-state index contributed by atoms with van der Waals surface area (Å²) in [4.78, 5) is 0. The molecule has 0 aromatic heterocycles. The predicted molar refractivity (Wildman–Crippen MR) is 114 cm³/mol. The van der Waals surface area contributed by atoms with E-state index in [4.69, 9.17) is 0 Å². The maximum absolute atomic E-state index is 4.30. The fourth-order valence-electron chi connectivity index (χ4n) is 3.19. The number of benzene rings is 1. The van der Waals surface area contributed by atoms with Crippen LogP contribution in [0.3, 0.4) is 0 Å². The Hall–Kier alpha value is -1.76. The monoisotopic (exact) mass is 339 g/mol. The van der Waals surface area contributed by atoms with Gasteiger partial charge in [-0.15, -0.1) is 0 Å². The molecule has 0 aliphatic heterocycles. The first-order valence-corrected chi connectivity index (χ1v) is 9.96. The normalized spacial score (nSPS) is 14.0. The molecule has 1 aromatic rings. The molecule has 1 N–H and O–H groups in total. The van der Waals surface area contributed by atoms with E-state index >= 15 is 0 Å². The van der Waals surface area contributed by atoms with Crippen LogP contribution in [0.1, 0.15) is 77.0 Å². The van der Waals surface area contributed by atoms with E-state index in [1.165, 1.54) is 52.8 Å². The molecular weight excluding hydrogens is 302 g/mol. The smallest absolute Gasteiger partial charge is 0.0378 e. The highest BCUT2D eigenvalue weighted by atomic mass is 14.9. The Bertz CT molecular complexity index is 607. The summed E-state index contributed by atoms with van der Waals surface area (Å²) in [6.07, 6.45) is 9.13. The highest BCUT2D eigenvalue weighted by Crippen LogP contribution is 2.28. The van der Waals surface area contributed by atoms with Crippen LogP contribution in [0.15, 0.2) is 48.2 Å². The molecule has 1 heteroatoms. The first kappa shape index (κ1) is 21.3. The number of unbranched alkanes of at least 4 members (excludes halogenated alkanes) is 1. The topological polar surface area (TPSA) is 12.0 Å². The van der Waals surface area contributed by atoms with Crippen molar-refractivity contribution in [3.05, 3.63) is 64.9 Å². The Balaban J connectivity index is 0.00000151. The maximum Gasteiger partial charge on any atom is 0.0378 e. The minimum atomic E-state index is 0.558. The molecule has 1 aliphatic rings. The molecule has 0 amide bonds. The van der Waals surface area contributed by atoms with Crippen LogP contribution in [0.2, 0.25) is 0 Å². The van der Waals surface area contributed by atoms with E-state index in [2.05, 4.69) is 63.5 Å². The molecule has 0 fully saturated rings. The second kappa shape index (κ2) is 11.0. The summed E-state index contributed by atoms with van der Waals surface area (Å²) >= 11 is 0. The third-order valence-electron chi connectivity index (χ3n) is 4.56. The van der Waals surface area contributed by atoms with Crippen LogP contribution in [0, 0.1) is 0 Å². The molecule has 1 aromatic carbocycles. The number of fused-ring (bicyclic) bond motifs is 1. The van der Waals surface area contributed by atoms with Gasteiger partial charge in [-0.05, 0) is 60.9 Å². The molecule has 1 aliphatic carbocycles. The van der Waals surface area contributed by atoms with Gasteiger partial charge in [-0.25, -0.2) is 0 Å². The Kier molecular flexibility index (Phi) is 9.34. The Morgan fingerprint density at radius 2 is 1.96 bits per heavy atom. The van der Waals surface area contributed by atoms with Crippen molar-refractivity contribution >= 4 is 6.08 Å². The summed E-state index contributed by atoms with van der Waals surface area (Å²) in [6, 6.07) is 7.34. The highest BCUT2D eigenvalue weighted by Gasteiger charge is 2.16. The van der Waals surface area contributed by atoms with Crippen LogP contribution in [0.25, 0.3) is 6.08 Å². The number of rotatable bonds is 8. The van der Waals surface area contributed by atoms with Crippen molar-refractivity contribution in [2.45, 2.75) is 79.2 Å². The average molecular weight is 340 g/mol. The van der Waals surface area contributed by atoms with Crippen LogP contribution in [-0.2, 0) is 12.8 Å². The van der Waals surface area contributed by atoms with E-state index in [-0.39, 0.29) is 0 Å². The molecule has 0 spiro atoms. The predicted octanol–water partition coefficient (Wildman–Crippen LogP) is 6.84. The van der Waals surface area contributed by atoms with E-state index in [1.807, 2.05) is 13.8 Å². The first-order valence-electron chi connectivity index (χ1n) is 9.96. The molecule has 1 atom stereocenters. The SMILES string of the molecule is C=C(C)Cc1ccc2c(c1)CC(=C)C(NC(CC)CCCC)=C2.CC. The van der Waals surface area contributed by atoms with E-state index in [9.17, 15) is 0 Å². The van der Waals surface area contributed by atoms with Crippen molar-refractivity contribution in [2.24, 2.45) is 0 Å². The van der Waals surface area contributed by atoms with Crippen molar-refractivity contribution in [2.75, 3.05) is 0 Å². The molecule has 0 saturated carbocycles. The van der Waals surface area contributed by atoms with Gasteiger partial charge in [0.2, 0.25) is 0 Å². The summed E-state index contributed by atoms with van der Waals surface area (Å²) in [5.41, 5.74) is 7.71. The van der Waals surface area contributed by atoms with Crippen LogP contribution < -0.4 is 5.32 Å². The van der Waals surface area contributed by atoms with Crippen molar-refractivity contribution < 1.29 is 0 Å². The van der Waals surface area contributed by atoms with Gasteiger partial charge in [0.05, 0.1) is 0 Å². The van der Waals surface area contributed by atoms with Gasteiger partial charge in [0.25, 0.3) is 0 Å². The minimum Gasteiger partial charge on any atom is -0.382 e. The third kappa shape index (κ3) is 6.57. The summed E-state index contributed by atoms with van der Waals surface area (Å²) in [5.74, 6) is 0. The highest BCUT2D eigenvalue weighted by molar-refractivity contribution is 5.66. The third-order valence-corrected chi connectivity index (χ3v) is 4.56. The van der Waals surface area contributed by atoms with Crippen LogP contribution in [0.4, 0.5) is 0 Å². The zero-order chi connectivity index (χ0) is 18.8. The lowest BCUT2D eigenvalue weighted by atomic mass is 9.89. The quantitative estimate of drug-likeness (QED) is 0.511. The molecule has 0 bridgehead atoms. The Morgan fingerprint density at radius 3 is 2.56 bits per heavy atom. The second-order valence-corrected chi connectivity index (χ2v) is 6.90. The van der Waals surface area contributed by atoms with Crippen LogP contribution in [-0.4, -0.2) is 6.04 Å². The largest absolute Gasteiger partial charge is 0.382 e. The number of nitrogens with one attached hydrogen (secondary N) is 1. The second-order valence-electron chi connectivity index (χ2n) is 6.90. The maximum atomic E-state index is 4.30. The van der Waals surface area contributed by atoms with Gasteiger partial charge >= 0.3 is 0 Å². The molecule has 138 valence electrons. The van der Waals surface area contributed by atoms with Crippen molar-refractivity contribution in [1.29, 1.82) is 0 Å². The Morgan fingerprint density at radius 1 is 1.24 bits per heavy atom. The fourth-order valence-corrected chi connectivity index (χ4v) is 3.19. The molecule has 0 saturated heterocycles. The molecule has 2 rings (SSSR count). The van der Waals surface area contributed by atoms with Gasteiger partial charge in [0.15, 0.2) is 0 Å². The molecule has 1 nitrogen and oxygen atoms in total. The average Bonchev–Trinajstić information content (AvgIpc) is 2.60.